The van der Waals surface area contributed by atoms with Gasteiger partial charge in [0.2, 0.25) is 0 Å². The summed E-state index contributed by atoms with van der Waals surface area (Å²) >= 11 is 0. The molecule has 0 fully saturated rings. The predicted molar refractivity (Wildman–Crippen MR) is 111 cm³/mol. The van der Waals surface area contributed by atoms with Crippen molar-refractivity contribution in [1.82, 2.24) is 19.7 Å². The first-order valence-corrected chi connectivity index (χ1v) is 10.7. The van der Waals surface area contributed by atoms with Gasteiger partial charge in [-0.15, -0.1) is 0 Å². The van der Waals surface area contributed by atoms with Crippen molar-refractivity contribution in [2.75, 3.05) is 5.32 Å². The summed E-state index contributed by atoms with van der Waals surface area (Å²) in [4.78, 5) is 21.1. The smallest absolute Gasteiger partial charge is 0.255 e. The zero-order valence-corrected chi connectivity index (χ0v) is 16.5. The van der Waals surface area contributed by atoms with Crippen LogP contribution in [0.4, 0.5) is 5.69 Å². The second kappa shape index (κ2) is 8.26. The highest BCUT2D eigenvalue weighted by molar-refractivity contribution is 7.90. The van der Waals surface area contributed by atoms with E-state index in [1.807, 2.05) is 0 Å². The van der Waals surface area contributed by atoms with E-state index in [1.54, 1.807) is 73.1 Å². The molecule has 0 unspecified atom stereocenters. The molecule has 1 amide bonds. The number of sulfone groups is 1. The van der Waals surface area contributed by atoms with Crippen LogP contribution in [-0.4, -0.2) is 34.1 Å². The van der Waals surface area contributed by atoms with Crippen molar-refractivity contribution < 1.29 is 13.2 Å². The Morgan fingerprint density at radius 3 is 2.63 bits per heavy atom. The van der Waals surface area contributed by atoms with E-state index < -0.39 is 15.7 Å². The monoisotopic (exact) mass is 419 g/mol. The lowest BCUT2D eigenvalue weighted by molar-refractivity contribution is 0.102. The number of nitrogens with zero attached hydrogens (tertiary/aromatic N) is 4. The second-order valence-electron chi connectivity index (χ2n) is 6.44. The standard InChI is InChI=1S/C21H17N5O3S/c27-21(25-19-13-22-15-23-20(19)26-11-5-10-24-26)17-7-4-6-16(12-17)14-30(28,29)18-8-2-1-3-9-18/h1-13,15H,14H2,(H,25,27). The molecular weight excluding hydrogens is 402 g/mol. The van der Waals surface area contributed by atoms with Crippen LogP contribution in [0.15, 0.2) is 90.5 Å². The highest BCUT2D eigenvalue weighted by Crippen LogP contribution is 2.19. The van der Waals surface area contributed by atoms with Gasteiger partial charge in [0.1, 0.15) is 12.0 Å². The van der Waals surface area contributed by atoms with Gasteiger partial charge in [-0.3, -0.25) is 4.79 Å². The van der Waals surface area contributed by atoms with Crippen molar-refractivity contribution in [3.63, 3.8) is 0 Å². The van der Waals surface area contributed by atoms with Crippen LogP contribution in [0.1, 0.15) is 15.9 Å². The number of benzene rings is 2. The maximum Gasteiger partial charge on any atom is 0.255 e. The molecule has 0 aliphatic heterocycles. The van der Waals surface area contributed by atoms with E-state index in [0.29, 0.717) is 22.6 Å². The Labute approximate surface area is 173 Å². The Kier molecular flexibility index (Phi) is 5.36. The Bertz CT molecular complexity index is 1270. The SMILES string of the molecule is O=C(Nc1cncnc1-n1cccn1)c1cccc(CS(=O)(=O)c2ccccc2)c1. The molecule has 0 aliphatic rings. The molecule has 2 aromatic carbocycles. The quantitative estimate of drug-likeness (QED) is 0.515. The average molecular weight is 419 g/mol. The molecule has 0 spiro atoms. The van der Waals surface area contributed by atoms with E-state index in [2.05, 4.69) is 20.4 Å². The molecule has 30 heavy (non-hydrogen) atoms. The van der Waals surface area contributed by atoms with Crippen molar-refractivity contribution in [2.24, 2.45) is 0 Å². The molecule has 2 heterocycles. The second-order valence-corrected chi connectivity index (χ2v) is 8.43. The van der Waals surface area contributed by atoms with Crippen molar-refractivity contribution in [3.05, 3.63) is 96.7 Å². The largest absolute Gasteiger partial charge is 0.317 e. The minimum atomic E-state index is -3.51. The number of carbonyl (C=O) groups excluding carboxylic acids is 1. The molecule has 8 nitrogen and oxygen atoms in total. The van der Waals surface area contributed by atoms with Crippen LogP contribution in [0.25, 0.3) is 5.82 Å². The van der Waals surface area contributed by atoms with Gasteiger partial charge >= 0.3 is 0 Å². The third kappa shape index (κ3) is 4.26. The molecule has 0 bridgehead atoms. The summed E-state index contributed by atoms with van der Waals surface area (Å²) in [5.74, 6) is -0.186. The molecule has 4 aromatic rings. The number of amides is 1. The zero-order chi connectivity index (χ0) is 21.0. The van der Waals surface area contributed by atoms with Gasteiger partial charge in [0.15, 0.2) is 15.7 Å². The number of rotatable bonds is 6. The van der Waals surface area contributed by atoms with E-state index in [9.17, 15) is 13.2 Å². The van der Waals surface area contributed by atoms with Crippen LogP contribution in [0.5, 0.6) is 0 Å². The first-order chi connectivity index (χ1) is 14.5. The van der Waals surface area contributed by atoms with Crippen molar-refractivity contribution in [1.29, 1.82) is 0 Å². The molecule has 0 aliphatic carbocycles. The lowest BCUT2D eigenvalue weighted by Gasteiger charge is -2.10. The van der Waals surface area contributed by atoms with E-state index in [4.69, 9.17) is 0 Å². The van der Waals surface area contributed by atoms with Gasteiger partial charge in [0.25, 0.3) is 5.91 Å². The lowest BCUT2D eigenvalue weighted by Crippen LogP contribution is -2.15. The van der Waals surface area contributed by atoms with Gasteiger partial charge in [0.05, 0.1) is 16.8 Å². The van der Waals surface area contributed by atoms with Crippen molar-refractivity contribution in [3.8, 4) is 5.82 Å². The highest BCUT2D eigenvalue weighted by Gasteiger charge is 2.17. The molecule has 0 atom stereocenters. The predicted octanol–water partition coefficient (Wildman–Crippen LogP) is 2.89. The Balaban J connectivity index is 1.56. The van der Waals surface area contributed by atoms with E-state index in [1.165, 1.54) is 17.2 Å². The normalized spacial score (nSPS) is 11.2. The molecule has 1 N–H and O–H groups in total. The number of aromatic nitrogens is 4. The van der Waals surface area contributed by atoms with Crippen LogP contribution in [0.3, 0.4) is 0 Å². The van der Waals surface area contributed by atoms with Crippen molar-refractivity contribution in [2.45, 2.75) is 10.6 Å². The molecular formula is C21H17N5O3S. The summed E-state index contributed by atoms with van der Waals surface area (Å²) in [6.45, 7) is 0. The first-order valence-electron chi connectivity index (χ1n) is 9.01. The fourth-order valence-corrected chi connectivity index (χ4v) is 4.27. The molecule has 150 valence electrons. The number of carbonyl (C=O) groups is 1. The van der Waals surface area contributed by atoms with Crippen molar-refractivity contribution >= 4 is 21.4 Å². The van der Waals surface area contributed by atoms with E-state index in [-0.39, 0.29) is 10.6 Å². The Morgan fingerprint density at radius 1 is 1.03 bits per heavy atom. The Hall–Kier alpha value is -3.85. The van der Waals surface area contributed by atoms with Gasteiger partial charge in [-0.25, -0.2) is 23.1 Å². The summed E-state index contributed by atoms with van der Waals surface area (Å²) < 4.78 is 26.8. The van der Waals surface area contributed by atoms with Gasteiger partial charge in [0, 0.05) is 18.0 Å². The van der Waals surface area contributed by atoms with Crippen LogP contribution >= 0.6 is 0 Å². The summed E-state index contributed by atoms with van der Waals surface area (Å²) in [6.07, 6.45) is 6.14. The van der Waals surface area contributed by atoms with Crippen LogP contribution in [0.2, 0.25) is 0 Å². The summed E-state index contributed by atoms with van der Waals surface area (Å²) in [5.41, 5.74) is 1.22. The third-order valence-electron chi connectivity index (χ3n) is 4.31. The minimum Gasteiger partial charge on any atom is -0.317 e. The molecule has 2 aromatic heterocycles. The maximum absolute atomic E-state index is 12.8. The van der Waals surface area contributed by atoms with E-state index in [0.717, 1.165) is 0 Å². The minimum absolute atomic E-state index is 0.203. The average Bonchev–Trinajstić information content (AvgIpc) is 3.29. The van der Waals surface area contributed by atoms with Gasteiger partial charge in [-0.1, -0.05) is 30.3 Å². The summed E-state index contributed by atoms with van der Waals surface area (Å²) in [6, 6.07) is 16.5. The number of hydrogen-bond donors (Lipinski definition) is 1. The lowest BCUT2D eigenvalue weighted by atomic mass is 10.1. The fraction of sp³-hybridized carbons (Fsp3) is 0.0476. The number of nitrogens with one attached hydrogen (secondary N) is 1. The molecule has 0 saturated heterocycles. The van der Waals surface area contributed by atoms with E-state index >= 15 is 0 Å². The van der Waals surface area contributed by atoms with Gasteiger partial charge < -0.3 is 5.32 Å². The maximum atomic E-state index is 12.8. The first kappa shape index (κ1) is 19.5. The van der Waals surface area contributed by atoms with Crippen LogP contribution in [0, 0.1) is 0 Å². The number of anilines is 1. The summed E-state index contributed by atoms with van der Waals surface area (Å²) in [5, 5.41) is 6.88. The van der Waals surface area contributed by atoms with Crippen LogP contribution < -0.4 is 5.32 Å². The Morgan fingerprint density at radius 2 is 1.87 bits per heavy atom. The zero-order valence-electron chi connectivity index (χ0n) is 15.7. The van der Waals surface area contributed by atoms with Gasteiger partial charge in [-0.05, 0) is 35.9 Å². The van der Waals surface area contributed by atoms with Gasteiger partial charge in [-0.2, -0.15) is 5.10 Å². The van der Waals surface area contributed by atoms with Crippen LogP contribution in [-0.2, 0) is 15.6 Å². The summed E-state index contributed by atoms with van der Waals surface area (Å²) in [7, 11) is -3.51. The number of hydrogen-bond acceptors (Lipinski definition) is 6. The molecule has 0 radical (unpaired) electrons. The molecule has 9 heteroatoms. The molecule has 4 rings (SSSR count). The molecule has 0 saturated carbocycles. The highest BCUT2D eigenvalue weighted by atomic mass is 32.2. The topological polar surface area (TPSA) is 107 Å². The third-order valence-corrected chi connectivity index (χ3v) is 6.01. The fourth-order valence-electron chi connectivity index (χ4n) is 2.92.